The van der Waals surface area contributed by atoms with E-state index in [1.807, 2.05) is 24.7 Å². The van der Waals surface area contributed by atoms with Crippen molar-refractivity contribution in [3.8, 4) is 0 Å². The summed E-state index contributed by atoms with van der Waals surface area (Å²) in [7, 11) is 0. The van der Waals surface area contributed by atoms with Gasteiger partial charge in [0, 0.05) is 12.7 Å². The summed E-state index contributed by atoms with van der Waals surface area (Å²) in [5, 5.41) is 4.20. The minimum absolute atomic E-state index is 0.763. The quantitative estimate of drug-likeness (QED) is 0.701. The molecule has 0 aromatic carbocycles. The van der Waals surface area contributed by atoms with E-state index in [9.17, 15) is 0 Å². The minimum Gasteiger partial charge on any atom is -0.272 e. The van der Waals surface area contributed by atoms with E-state index in [-0.39, 0.29) is 0 Å². The van der Waals surface area contributed by atoms with Crippen molar-refractivity contribution in [3.63, 3.8) is 0 Å². The van der Waals surface area contributed by atoms with E-state index < -0.39 is 0 Å². The Morgan fingerprint density at radius 2 is 2.00 bits per heavy atom. The average Bonchev–Trinajstić information content (AvgIpc) is 2.52. The van der Waals surface area contributed by atoms with Gasteiger partial charge in [-0.2, -0.15) is 5.10 Å². The zero-order chi connectivity index (χ0) is 10.3. The van der Waals surface area contributed by atoms with Gasteiger partial charge in [-0.15, -0.1) is 0 Å². The molecule has 0 amide bonds. The fourth-order valence-corrected chi connectivity index (χ4v) is 0.980. The molecule has 0 saturated carbocycles. The van der Waals surface area contributed by atoms with E-state index >= 15 is 0 Å². The van der Waals surface area contributed by atoms with Gasteiger partial charge in [-0.25, -0.2) is 0 Å². The lowest BCUT2D eigenvalue weighted by Gasteiger charge is -2.03. The first-order valence-electron chi connectivity index (χ1n) is 5.17. The van der Waals surface area contributed by atoms with Crippen LogP contribution in [0.1, 0.15) is 39.7 Å². The molecule has 0 radical (unpaired) electrons. The van der Waals surface area contributed by atoms with Gasteiger partial charge in [0.05, 0.1) is 6.20 Å². The lowest BCUT2D eigenvalue weighted by Crippen LogP contribution is -2.01. The second-order valence-electron chi connectivity index (χ2n) is 3.46. The fraction of sp³-hybridized carbons (Fsp3) is 0.727. The normalized spacial score (nSPS) is 9.69. The summed E-state index contributed by atoms with van der Waals surface area (Å²) in [6.07, 6.45) is 5.20. The van der Waals surface area contributed by atoms with E-state index in [2.05, 4.69) is 32.1 Å². The standard InChI is InChI=1S/C9H16N2.C2H6/c1-8(2)4-5-11-7-9(3)6-10-11;1-2/h6-8H,4-5H2,1-3H3;1-2H3. The topological polar surface area (TPSA) is 17.8 Å². The summed E-state index contributed by atoms with van der Waals surface area (Å²) in [6.45, 7) is 11.6. The molecule has 1 heterocycles. The van der Waals surface area contributed by atoms with E-state index in [1.165, 1.54) is 12.0 Å². The number of hydrogen-bond donors (Lipinski definition) is 0. The molecule has 0 aliphatic rings. The Hall–Kier alpha value is -0.790. The third-order valence-corrected chi connectivity index (χ3v) is 1.70. The summed E-state index contributed by atoms with van der Waals surface area (Å²) in [4.78, 5) is 0. The van der Waals surface area contributed by atoms with Gasteiger partial charge in [0.1, 0.15) is 0 Å². The maximum Gasteiger partial charge on any atom is 0.0518 e. The van der Waals surface area contributed by atoms with Crippen molar-refractivity contribution in [2.24, 2.45) is 5.92 Å². The molecule has 0 bridgehead atoms. The highest BCUT2D eigenvalue weighted by Crippen LogP contribution is 2.02. The Bertz CT molecular complexity index is 214. The second kappa shape index (κ2) is 6.70. The fourth-order valence-electron chi connectivity index (χ4n) is 0.980. The van der Waals surface area contributed by atoms with Crippen molar-refractivity contribution >= 4 is 0 Å². The van der Waals surface area contributed by atoms with Gasteiger partial charge in [0.25, 0.3) is 0 Å². The number of aromatic nitrogens is 2. The Kier molecular flexibility index (Phi) is 6.29. The van der Waals surface area contributed by atoms with Crippen LogP contribution in [-0.2, 0) is 6.54 Å². The molecule has 1 aromatic rings. The van der Waals surface area contributed by atoms with Crippen molar-refractivity contribution in [3.05, 3.63) is 18.0 Å². The van der Waals surface area contributed by atoms with E-state index in [0.717, 1.165) is 12.5 Å². The number of rotatable bonds is 3. The van der Waals surface area contributed by atoms with Crippen molar-refractivity contribution in [1.29, 1.82) is 0 Å². The Labute approximate surface area is 82.0 Å². The van der Waals surface area contributed by atoms with Crippen LogP contribution < -0.4 is 0 Å². The Morgan fingerprint density at radius 3 is 2.38 bits per heavy atom. The zero-order valence-electron chi connectivity index (χ0n) is 9.54. The lowest BCUT2D eigenvalue weighted by molar-refractivity contribution is 0.487. The van der Waals surface area contributed by atoms with Crippen LogP contribution in [-0.4, -0.2) is 9.78 Å². The van der Waals surface area contributed by atoms with Crippen LogP contribution in [0.25, 0.3) is 0 Å². The minimum atomic E-state index is 0.763. The van der Waals surface area contributed by atoms with Gasteiger partial charge in [-0.05, 0) is 24.8 Å². The van der Waals surface area contributed by atoms with Crippen LogP contribution in [0.4, 0.5) is 0 Å². The third kappa shape index (κ3) is 5.45. The summed E-state index contributed by atoms with van der Waals surface area (Å²) < 4.78 is 2.01. The van der Waals surface area contributed by atoms with Crippen molar-refractivity contribution in [2.75, 3.05) is 0 Å². The predicted molar refractivity (Wildman–Crippen MR) is 57.8 cm³/mol. The van der Waals surface area contributed by atoms with Gasteiger partial charge in [-0.3, -0.25) is 4.68 Å². The maximum absolute atomic E-state index is 4.20. The first-order chi connectivity index (χ1) is 6.18. The van der Waals surface area contributed by atoms with E-state index in [4.69, 9.17) is 0 Å². The van der Waals surface area contributed by atoms with Crippen molar-refractivity contribution in [2.45, 2.75) is 47.6 Å². The molecule has 0 spiro atoms. The molecular weight excluding hydrogens is 160 g/mol. The highest BCUT2D eigenvalue weighted by Gasteiger charge is 1.96. The highest BCUT2D eigenvalue weighted by atomic mass is 15.3. The lowest BCUT2D eigenvalue weighted by atomic mass is 10.1. The SMILES string of the molecule is CC.Cc1cnn(CCC(C)C)c1. The monoisotopic (exact) mass is 182 g/mol. The molecule has 0 unspecified atom stereocenters. The van der Waals surface area contributed by atoms with Crippen molar-refractivity contribution in [1.82, 2.24) is 9.78 Å². The van der Waals surface area contributed by atoms with Crippen LogP contribution in [0.3, 0.4) is 0 Å². The number of nitrogens with zero attached hydrogens (tertiary/aromatic N) is 2. The molecule has 0 N–H and O–H groups in total. The van der Waals surface area contributed by atoms with Crippen LogP contribution >= 0.6 is 0 Å². The number of hydrogen-bond acceptors (Lipinski definition) is 1. The molecule has 1 aromatic heterocycles. The van der Waals surface area contributed by atoms with Crippen molar-refractivity contribution < 1.29 is 0 Å². The van der Waals surface area contributed by atoms with E-state index in [0.29, 0.717) is 0 Å². The smallest absolute Gasteiger partial charge is 0.0518 e. The molecular formula is C11H22N2. The summed E-state index contributed by atoms with van der Waals surface area (Å²) >= 11 is 0. The Balaban J connectivity index is 0.000000671. The molecule has 0 fully saturated rings. The summed E-state index contributed by atoms with van der Waals surface area (Å²) in [5.74, 6) is 0.763. The van der Waals surface area contributed by atoms with Crippen LogP contribution in [0.2, 0.25) is 0 Å². The van der Waals surface area contributed by atoms with Gasteiger partial charge in [-0.1, -0.05) is 27.7 Å². The Morgan fingerprint density at radius 1 is 1.38 bits per heavy atom. The highest BCUT2D eigenvalue weighted by molar-refractivity contribution is 4.99. The van der Waals surface area contributed by atoms with Gasteiger partial charge >= 0.3 is 0 Å². The van der Waals surface area contributed by atoms with Crippen LogP contribution in [0, 0.1) is 12.8 Å². The first-order valence-corrected chi connectivity index (χ1v) is 5.17. The first kappa shape index (κ1) is 12.2. The molecule has 0 aliphatic carbocycles. The molecule has 0 atom stereocenters. The summed E-state index contributed by atoms with van der Waals surface area (Å²) in [6, 6.07) is 0. The molecule has 0 saturated heterocycles. The van der Waals surface area contributed by atoms with Crippen LogP contribution in [0.15, 0.2) is 12.4 Å². The zero-order valence-corrected chi connectivity index (χ0v) is 9.54. The maximum atomic E-state index is 4.20. The largest absolute Gasteiger partial charge is 0.272 e. The molecule has 2 heteroatoms. The third-order valence-electron chi connectivity index (χ3n) is 1.70. The number of aryl methyl sites for hydroxylation is 2. The average molecular weight is 182 g/mol. The van der Waals surface area contributed by atoms with Gasteiger partial charge in [0.2, 0.25) is 0 Å². The molecule has 2 nitrogen and oxygen atoms in total. The van der Waals surface area contributed by atoms with Crippen LogP contribution in [0.5, 0.6) is 0 Å². The molecule has 0 aliphatic heterocycles. The molecule has 76 valence electrons. The summed E-state index contributed by atoms with van der Waals surface area (Å²) in [5.41, 5.74) is 1.24. The van der Waals surface area contributed by atoms with Gasteiger partial charge in [0.15, 0.2) is 0 Å². The van der Waals surface area contributed by atoms with Gasteiger partial charge < -0.3 is 0 Å². The second-order valence-corrected chi connectivity index (χ2v) is 3.46. The molecule has 1 rings (SSSR count). The molecule has 13 heavy (non-hydrogen) atoms. The van der Waals surface area contributed by atoms with E-state index in [1.54, 1.807) is 0 Å². The predicted octanol–water partition coefficient (Wildman–Crippen LogP) is 3.26.